The van der Waals surface area contributed by atoms with Gasteiger partial charge in [0, 0.05) is 23.8 Å². The Balaban J connectivity index is 2.40. The summed E-state index contributed by atoms with van der Waals surface area (Å²) in [4.78, 5) is 14.3. The molecule has 2 heterocycles. The SMILES string of the molecule is CNCc1sc(-c2cnccn2)nc1C(C)C. The van der Waals surface area contributed by atoms with E-state index in [2.05, 4.69) is 34.1 Å². The summed E-state index contributed by atoms with van der Waals surface area (Å²) in [5.41, 5.74) is 2.01. The van der Waals surface area contributed by atoms with Crippen LogP contribution in [0.15, 0.2) is 18.6 Å². The van der Waals surface area contributed by atoms with Crippen LogP contribution < -0.4 is 5.32 Å². The van der Waals surface area contributed by atoms with Crippen molar-refractivity contribution < 1.29 is 0 Å². The van der Waals surface area contributed by atoms with Crippen LogP contribution in [0.5, 0.6) is 0 Å². The van der Waals surface area contributed by atoms with Gasteiger partial charge in [-0.15, -0.1) is 11.3 Å². The molecule has 0 amide bonds. The quantitative estimate of drug-likeness (QED) is 0.903. The van der Waals surface area contributed by atoms with Gasteiger partial charge in [-0.25, -0.2) is 4.98 Å². The van der Waals surface area contributed by atoms with E-state index in [-0.39, 0.29) is 0 Å². The Hall–Kier alpha value is -1.33. The van der Waals surface area contributed by atoms with Crippen molar-refractivity contribution in [2.75, 3.05) is 7.05 Å². The first-order chi connectivity index (χ1) is 8.22. The van der Waals surface area contributed by atoms with Gasteiger partial charge in [0.05, 0.1) is 11.9 Å². The van der Waals surface area contributed by atoms with Crippen LogP contribution in [0, 0.1) is 0 Å². The Morgan fingerprint density at radius 3 is 2.76 bits per heavy atom. The van der Waals surface area contributed by atoms with Gasteiger partial charge in [-0.05, 0) is 13.0 Å². The molecule has 17 heavy (non-hydrogen) atoms. The van der Waals surface area contributed by atoms with Crippen LogP contribution in [0.1, 0.15) is 30.3 Å². The highest BCUT2D eigenvalue weighted by atomic mass is 32.1. The molecule has 0 unspecified atom stereocenters. The zero-order chi connectivity index (χ0) is 12.3. The molecule has 0 saturated carbocycles. The van der Waals surface area contributed by atoms with Crippen molar-refractivity contribution in [2.45, 2.75) is 26.3 Å². The van der Waals surface area contributed by atoms with Gasteiger partial charge in [0.25, 0.3) is 0 Å². The van der Waals surface area contributed by atoms with Gasteiger partial charge in [0.15, 0.2) is 0 Å². The van der Waals surface area contributed by atoms with Crippen molar-refractivity contribution in [1.29, 1.82) is 0 Å². The number of hydrogen-bond acceptors (Lipinski definition) is 5. The highest BCUT2D eigenvalue weighted by molar-refractivity contribution is 7.15. The van der Waals surface area contributed by atoms with E-state index in [1.807, 2.05) is 7.05 Å². The van der Waals surface area contributed by atoms with Crippen molar-refractivity contribution in [3.05, 3.63) is 29.2 Å². The number of thiazole rings is 1. The number of nitrogens with zero attached hydrogens (tertiary/aromatic N) is 3. The second-order valence-electron chi connectivity index (χ2n) is 4.10. The predicted octanol–water partition coefficient (Wildman–Crippen LogP) is 2.44. The zero-order valence-corrected chi connectivity index (χ0v) is 11.1. The number of nitrogens with one attached hydrogen (secondary N) is 1. The van der Waals surface area contributed by atoms with E-state index in [9.17, 15) is 0 Å². The molecule has 5 heteroatoms. The lowest BCUT2D eigenvalue weighted by molar-refractivity contribution is 0.771. The topological polar surface area (TPSA) is 50.7 Å². The van der Waals surface area contributed by atoms with Crippen LogP contribution in [0.25, 0.3) is 10.7 Å². The van der Waals surface area contributed by atoms with Crippen LogP contribution in [-0.4, -0.2) is 22.0 Å². The molecule has 0 spiro atoms. The maximum atomic E-state index is 4.67. The van der Waals surface area contributed by atoms with Crippen LogP contribution in [-0.2, 0) is 6.54 Å². The molecule has 0 bridgehead atoms. The molecule has 2 rings (SSSR count). The minimum Gasteiger partial charge on any atom is -0.315 e. The van der Waals surface area contributed by atoms with E-state index >= 15 is 0 Å². The normalized spacial score (nSPS) is 11.1. The van der Waals surface area contributed by atoms with Gasteiger partial charge in [-0.1, -0.05) is 13.8 Å². The number of rotatable bonds is 4. The van der Waals surface area contributed by atoms with Crippen LogP contribution in [0.4, 0.5) is 0 Å². The standard InChI is InChI=1S/C12H16N4S/c1-8(2)11-10(7-13-3)17-12(16-11)9-6-14-4-5-15-9/h4-6,8,13H,7H2,1-3H3. The monoisotopic (exact) mass is 248 g/mol. The summed E-state index contributed by atoms with van der Waals surface area (Å²) in [6.45, 7) is 5.18. The molecule has 4 nitrogen and oxygen atoms in total. The van der Waals surface area contributed by atoms with E-state index in [1.54, 1.807) is 29.9 Å². The van der Waals surface area contributed by atoms with Crippen LogP contribution in [0.2, 0.25) is 0 Å². The Labute approximate surface area is 105 Å². The summed E-state index contributed by atoms with van der Waals surface area (Å²) in [5.74, 6) is 0.431. The van der Waals surface area contributed by atoms with Gasteiger partial charge >= 0.3 is 0 Å². The molecule has 0 fully saturated rings. The van der Waals surface area contributed by atoms with Gasteiger partial charge < -0.3 is 5.32 Å². The summed E-state index contributed by atoms with van der Waals surface area (Å²) in [5, 5.41) is 4.13. The third-order valence-corrected chi connectivity index (χ3v) is 3.49. The number of hydrogen-bond donors (Lipinski definition) is 1. The fraction of sp³-hybridized carbons (Fsp3) is 0.417. The Morgan fingerprint density at radius 2 is 2.18 bits per heavy atom. The minimum absolute atomic E-state index is 0.431. The molecule has 2 aromatic heterocycles. The van der Waals surface area contributed by atoms with Crippen molar-refractivity contribution in [2.24, 2.45) is 0 Å². The molecule has 90 valence electrons. The highest BCUT2D eigenvalue weighted by Crippen LogP contribution is 2.30. The van der Waals surface area contributed by atoms with E-state index in [4.69, 9.17) is 0 Å². The Morgan fingerprint density at radius 1 is 1.35 bits per heavy atom. The lowest BCUT2D eigenvalue weighted by Crippen LogP contribution is -2.06. The lowest BCUT2D eigenvalue weighted by atomic mass is 10.1. The summed E-state index contributed by atoms with van der Waals surface area (Å²) in [6.07, 6.45) is 5.13. The number of aromatic nitrogens is 3. The fourth-order valence-electron chi connectivity index (χ4n) is 1.62. The average Bonchev–Trinajstić information content (AvgIpc) is 2.75. The van der Waals surface area contributed by atoms with Gasteiger partial charge in [0.1, 0.15) is 10.7 Å². The van der Waals surface area contributed by atoms with Crippen LogP contribution in [0.3, 0.4) is 0 Å². The highest BCUT2D eigenvalue weighted by Gasteiger charge is 2.15. The van der Waals surface area contributed by atoms with E-state index in [0.29, 0.717) is 5.92 Å². The van der Waals surface area contributed by atoms with Crippen molar-refractivity contribution in [3.63, 3.8) is 0 Å². The first-order valence-corrected chi connectivity index (χ1v) is 6.44. The van der Waals surface area contributed by atoms with Crippen molar-refractivity contribution >= 4 is 11.3 Å². The van der Waals surface area contributed by atoms with Gasteiger partial charge in [0.2, 0.25) is 0 Å². The fourth-order valence-corrected chi connectivity index (χ4v) is 2.81. The summed E-state index contributed by atoms with van der Waals surface area (Å²) >= 11 is 1.69. The second-order valence-corrected chi connectivity index (χ2v) is 5.19. The van der Waals surface area contributed by atoms with E-state index < -0.39 is 0 Å². The second kappa shape index (κ2) is 5.33. The van der Waals surface area contributed by atoms with E-state index in [1.165, 1.54) is 4.88 Å². The first kappa shape index (κ1) is 12.1. The molecule has 0 aliphatic heterocycles. The lowest BCUT2D eigenvalue weighted by Gasteiger charge is -2.03. The zero-order valence-electron chi connectivity index (χ0n) is 10.3. The third kappa shape index (κ3) is 2.68. The molecule has 0 atom stereocenters. The van der Waals surface area contributed by atoms with Crippen molar-refractivity contribution in [3.8, 4) is 10.7 Å². The Kier molecular flexibility index (Phi) is 3.81. The summed E-state index contributed by atoms with van der Waals surface area (Å²) < 4.78 is 0. The van der Waals surface area contributed by atoms with Gasteiger partial charge in [-0.3, -0.25) is 9.97 Å². The molecule has 0 saturated heterocycles. The average molecular weight is 248 g/mol. The minimum atomic E-state index is 0.431. The molecule has 1 N–H and O–H groups in total. The van der Waals surface area contributed by atoms with E-state index in [0.717, 1.165) is 22.9 Å². The maximum Gasteiger partial charge on any atom is 0.144 e. The van der Waals surface area contributed by atoms with Crippen LogP contribution >= 0.6 is 11.3 Å². The van der Waals surface area contributed by atoms with Crippen molar-refractivity contribution in [1.82, 2.24) is 20.3 Å². The maximum absolute atomic E-state index is 4.67. The molecule has 2 aromatic rings. The molecule has 0 aromatic carbocycles. The largest absolute Gasteiger partial charge is 0.315 e. The summed E-state index contributed by atoms with van der Waals surface area (Å²) in [7, 11) is 1.95. The smallest absolute Gasteiger partial charge is 0.144 e. The first-order valence-electron chi connectivity index (χ1n) is 5.63. The van der Waals surface area contributed by atoms with Gasteiger partial charge in [-0.2, -0.15) is 0 Å². The molecular weight excluding hydrogens is 232 g/mol. The molecular formula is C12H16N4S. The molecule has 0 aliphatic rings. The molecule has 0 aliphatic carbocycles. The third-order valence-electron chi connectivity index (χ3n) is 2.39. The summed E-state index contributed by atoms with van der Waals surface area (Å²) in [6, 6.07) is 0. The molecule has 0 radical (unpaired) electrons. The predicted molar refractivity (Wildman–Crippen MR) is 70.0 cm³/mol. The Bertz CT molecular complexity index is 479.